The summed E-state index contributed by atoms with van der Waals surface area (Å²) in [5.41, 5.74) is 0.613. The second kappa shape index (κ2) is 6.76. The van der Waals surface area contributed by atoms with Gasteiger partial charge in [-0.2, -0.15) is 0 Å². The third kappa shape index (κ3) is 4.60. The largest absolute Gasteiger partial charge is 0.348 e. The molecule has 0 saturated carbocycles. The van der Waals surface area contributed by atoms with Crippen molar-refractivity contribution in [3.05, 3.63) is 32.7 Å². The molecule has 94 valence electrons. The van der Waals surface area contributed by atoms with Gasteiger partial charge in [-0.3, -0.25) is 4.79 Å². The number of benzene rings is 1. The normalized spacial score (nSPS) is 12.6. The maximum Gasteiger partial charge on any atom is 0.251 e. The molecular weight excluding hydrogens is 369 g/mol. The molecule has 1 amide bonds. The van der Waals surface area contributed by atoms with Crippen LogP contribution in [0.15, 0.2) is 27.1 Å². The van der Waals surface area contributed by atoms with E-state index in [4.69, 9.17) is 11.6 Å². The molecule has 0 fully saturated rings. The molecule has 1 aromatic carbocycles. The van der Waals surface area contributed by atoms with Gasteiger partial charge < -0.3 is 5.32 Å². The Hall–Kier alpha value is -0.0600. The van der Waals surface area contributed by atoms with Crippen LogP contribution in [0.2, 0.25) is 0 Å². The van der Waals surface area contributed by atoms with Gasteiger partial charge >= 0.3 is 0 Å². The van der Waals surface area contributed by atoms with Crippen LogP contribution in [0.25, 0.3) is 0 Å². The predicted molar refractivity (Wildman–Crippen MR) is 78.7 cm³/mol. The third-order valence-electron chi connectivity index (χ3n) is 2.41. The molecule has 0 radical (unpaired) electrons. The first-order chi connectivity index (χ1) is 7.93. The zero-order chi connectivity index (χ0) is 13.0. The van der Waals surface area contributed by atoms with Gasteiger partial charge in [-0.1, -0.05) is 45.7 Å². The van der Waals surface area contributed by atoms with Gasteiger partial charge in [-0.25, -0.2) is 0 Å². The molecule has 2 nitrogen and oxygen atoms in total. The molecule has 5 heteroatoms. The van der Waals surface area contributed by atoms with Crippen LogP contribution in [0.4, 0.5) is 0 Å². The molecule has 17 heavy (non-hydrogen) atoms. The van der Waals surface area contributed by atoms with E-state index in [2.05, 4.69) is 37.2 Å². The predicted octanol–water partition coefficient (Wildman–Crippen LogP) is 4.20. The van der Waals surface area contributed by atoms with Crippen LogP contribution in [-0.2, 0) is 0 Å². The van der Waals surface area contributed by atoms with Gasteiger partial charge in [-0.05, 0) is 24.1 Å². The Morgan fingerprint density at radius 2 is 1.82 bits per heavy atom. The van der Waals surface area contributed by atoms with Crippen LogP contribution in [0.3, 0.4) is 0 Å². The van der Waals surface area contributed by atoms with Crippen molar-refractivity contribution >= 4 is 49.4 Å². The molecule has 0 aliphatic carbocycles. The Bertz CT molecular complexity index is 389. The van der Waals surface area contributed by atoms with E-state index < -0.39 is 0 Å². The molecule has 1 unspecified atom stereocenters. The summed E-state index contributed by atoms with van der Waals surface area (Å²) in [7, 11) is 0. The van der Waals surface area contributed by atoms with E-state index in [0.29, 0.717) is 17.4 Å². The van der Waals surface area contributed by atoms with Gasteiger partial charge in [0.1, 0.15) is 0 Å². The van der Waals surface area contributed by atoms with Crippen LogP contribution < -0.4 is 5.32 Å². The summed E-state index contributed by atoms with van der Waals surface area (Å²) in [4.78, 5) is 12.0. The summed E-state index contributed by atoms with van der Waals surface area (Å²) < 4.78 is 1.73. The SMILES string of the molecule is CC(C)C(CCl)NC(=O)c1cc(Br)cc(Br)c1. The molecule has 0 aliphatic heterocycles. The molecule has 0 bridgehead atoms. The van der Waals surface area contributed by atoms with Crippen molar-refractivity contribution in [1.82, 2.24) is 5.32 Å². The molecule has 0 saturated heterocycles. The second-order valence-corrected chi connectivity index (χ2v) is 6.28. The highest BCUT2D eigenvalue weighted by atomic mass is 79.9. The fourth-order valence-corrected chi connectivity index (χ4v) is 3.05. The molecule has 0 aromatic heterocycles. The van der Waals surface area contributed by atoms with Gasteiger partial charge in [0.2, 0.25) is 0 Å². The topological polar surface area (TPSA) is 29.1 Å². The Morgan fingerprint density at radius 3 is 2.24 bits per heavy atom. The number of halogens is 3. The van der Waals surface area contributed by atoms with Crippen LogP contribution in [0.5, 0.6) is 0 Å². The fraction of sp³-hybridized carbons (Fsp3) is 0.417. The van der Waals surface area contributed by atoms with E-state index >= 15 is 0 Å². The molecule has 1 aromatic rings. The van der Waals surface area contributed by atoms with Gasteiger partial charge in [0, 0.05) is 26.4 Å². The van der Waals surface area contributed by atoms with Crippen molar-refractivity contribution in [2.24, 2.45) is 5.92 Å². The van der Waals surface area contributed by atoms with E-state index in [1.807, 2.05) is 19.9 Å². The van der Waals surface area contributed by atoms with Crippen molar-refractivity contribution < 1.29 is 4.79 Å². The minimum Gasteiger partial charge on any atom is -0.348 e. The molecule has 1 N–H and O–H groups in total. The number of hydrogen-bond acceptors (Lipinski definition) is 1. The highest BCUT2D eigenvalue weighted by molar-refractivity contribution is 9.11. The highest BCUT2D eigenvalue weighted by Gasteiger charge is 2.16. The lowest BCUT2D eigenvalue weighted by Crippen LogP contribution is -2.39. The first kappa shape index (κ1) is 15.0. The van der Waals surface area contributed by atoms with Crippen molar-refractivity contribution in [3.8, 4) is 0 Å². The lowest BCUT2D eigenvalue weighted by molar-refractivity contribution is 0.0931. The quantitative estimate of drug-likeness (QED) is 0.776. The second-order valence-electron chi connectivity index (χ2n) is 4.14. The van der Waals surface area contributed by atoms with E-state index in [1.165, 1.54) is 0 Å². The molecule has 0 heterocycles. The zero-order valence-electron chi connectivity index (χ0n) is 9.64. The monoisotopic (exact) mass is 381 g/mol. The summed E-state index contributed by atoms with van der Waals surface area (Å²) >= 11 is 12.5. The van der Waals surface area contributed by atoms with Crippen LogP contribution in [-0.4, -0.2) is 17.8 Å². The first-order valence-corrected chi connectivity index (χ1v) is 7.39. The summed E-state index contributed by atoms with van der Waals surface area (Å²) in [6, 6.07) is 5.44. The number of nitrogens with one attached hydrogen (secondary N) is 1. The summed E-state index contributed by atoms with van der Waals surface area (Å²) in [6.07, 6.45) is 0. The van der Waals surface area contributed by atoms with Crippen molar-refractivity contribution in [2.75, 3.05) is 5.88 Å². The lowest BCUT2D eigenvalue weighted by atomic mass is 10.1. The smallest absolute Gasteiger partial charge is 0.251 e. The average Bonchev–Trinajstić information content (AvgIpc) is 2.23. The summed E-state index contributed by atoms with van der Waals surface area (Å²) in [5, 5.41) is 2.92. The number of rotatable bonds is 4. The number of carbonyl (C=O) groups excluding carboxylic acids is 1. The molecule has 1 atom stereocenters. The van der Waals surface area contributed by atoms with E-state index in [0.717, 1.165) is 8.95 Å². The standard InChI is InChI=1S/C12H14Br2ClNO/c1-7(2)11(6-15)16-12(17)8-3-9(13)5-10(14)4-8/h3-5,7,11H,6H2,1-2H3,(H,16,17). The highest BCUT2D eigenvalue weighted by Crippen LogP contribution is 2.20. The minimum absolute atomic E-state index is 0.0121. The first-order valence-electron chi connectivity index (χ1n) is 5.27. The van der Waals surface area contributed by atoms with Gasteiger partial charge in [0.25, 0.3) is 5.91 Å². The fourth-order valence-electron chi connectivity index (χ4n) is 1.32. The number of alkyl halides is 1. The summed E-state index contributed by atoms with van der Waals surface area (Å²) in [6.45, 7) is 4.06. The lowest BCUT2D eigenvalue weighted by Gasteiger charge is -2.19. The van der Waals surface area contributed by atoms with Crippen molar-refractivity contribution in [1.29, 1.82) is 0 Å². The van der Waals surface area contributed by atoms with Gasteiger partial charge in [0.05, 0.1) is 0 Å². The van der Waals surface area contributed by atoms with Crippen LogP contribution in [0.1, 0.15) is 24.2 Å². The molecule has 0 aliphatic rings. The molecule has 0 spiro atoms. The van der Waals surface area contributed by atoms with Crippen LogP contribution in [0, 0.1) is 5.92 Å². The van der Waals surface area contributed by atoms with E-state index in [1.54, 1.807) is 12.1 Å². The van der Waals surface area contributed by atoms with Gasteiger partial charge in [0.15, 0.2) is 0 Å². The minimum atomic E-state index is -0.105. The maximum absolute atomic E-state index is 12.0. The van der Waals surface area contributed by atoms with E-state index in [-0.39, 0.29) is 11.9 Å². The van der Waals surface area contributed by atoms with Crippen molar-refractivity contribution in [2.45, 2.75) is 19.9 Å². The van der Waals surface area contributed by atoms with Crippen LogP contribution >= 0.6 is 43.5 Å². The Kier molecular flexibility index (Phi) is 5.97. The van der Waals surface area contributed by atoms with Gasteiger partial charge in [-0.15, -0.1) is 11.6 Å². The third-order valence-corrected chi connectivity index (χ3v) is 3.66. The zero-order valence-corrected chi connectivity index (χ0v) is 13.6. The van der Waals surface area contributed by atoms with Crippen molar-refractivity contribution in [3.63, 3.8) is 0 Å². The number of amides is 1. The Morgan fingerprint density at radius 1 is 1.29 bits per heavy atom. The Labute approximate surface area is 123 Å². The summed E-state index contributed by atoms with van der Waals surface area (Å²) in [5.74, 6) is 0.622. The molecule has 1 rings (SSSR count). The Balaban J connectivity index is 2.82. The molecular formula is C12H14Br2ClNO. The average molecular weight is 384 g/mol. The van der Waals surface area contributed by atoms with E-state index in [9.17, 15) is 4.79 Å². The number of carbonyl (C=O) groups is 1. The number of hydrogen-bond donors (Lipinski definition) is 1. The maximum atomic E-state index is 12.0.